The van der Waals surface area contributed by atoms with Gasteiger partial charge in [0, 0.05) is 38.3 Å². The molecule has 1 aromatic rings. The van der Waals surface area contributed by atoms with E-state index in [1.54, 1.807) is 12.1 Å². The van der Waals surface area contributed by atoms with E-state index in [2.05, 4.69) is 9.80 Å². The number of nitrogens with two attached hydrogens (primary N) is 1. The molecule has 1 aliphatic rings. The maximum absolute atomic E-state index is 13.5. The lowest BCUT2D eigenvalue weighted by atomic mass is 9.99. The van der Waals surface area contributed by atoms with Crippen molar-refractivity contribution in [3.8, 4) is 0 Å². The minimum absolute atomic E-state index is 0.0368. The maximum atomic E-state index is 13.5. The van der Waals surface area contributed by atoms with Crippen LogP contribution in [0.1, 0.15) is 24.9 Å². The van der Waals surface area contributed by atoms with Gasteiger partial charge in [0.05, 0.1) is 6.61 Å². The molecule has 4 nitrogen and oxygen atoms in total. The monoisotopic (exact) mass is 295 g/mol. The van der Waals surface area contributed by atoms with Crippen LogP contribution in [0.15, 0.2) is 24.3 Å². The maximum Gasteiger partial charge on any atom is 0.123 e. The van der Waals surface area contributed by atoms with Gasteiger partial charge in [0.15, 0.2) is 0 Å². The van der Waals surface area contributed by atoms with Crippen molar-refractivity contribution in [2.75, 3.05) is 39.3 Å². The second-order valence-corrected chi connectivity index (χ2v) is 5.81. The summed E-state index contributed by atoms with van der Waals surface area (Å²) in [5.74, 6) is -0.213. The van der Waals surface area contributed by atoms with Crippen LogP contribution in [0, 0.1) is 5.82 Å². The van der Waals surface area contributed by atoms with Crippen molar-refractivity contribution in [1.82, 2.24) is 9.80 Å². The van der Waals surface area contributed by atoms with Crippen molar-refractivity contribution in [3.63, 3.8) is 0 Å². The normalized spacial score (nSPS) is 21.0. The van der Waals surface area contributed by atoms with Crippen LogP contribution in [0.25, 0.3) is 0 Å². The first-order valence-electron chi connectivity index (χ1n) is 7.70. The van der Waals surface area contributed by atoms with Crippen LogP contribution in [0.3, 0.4) is 0 Å². The molecule has 118 valence electrons. The van der Waals surface area contributed by atoms with E-state index in [0.29, 0.717) is 0 Å². The van der Waals surface area contributed by atoms with Gasteiger partial charge in [-0.25, -0.2) is 4.39 Å². The number of rotatable bonds is 5. The molecular formula is C16H26FN3O. The Hall–Kier alpha value is -1.01. The van der Waals surface area contributed by atoms with Crippen LogP contribution < -0.4 is 5.73 Å². The third-order valence-corrected chi connectivity index (χ3v) is 4.12. The number of benzene rings is 1. The largest absolute Gasteiger partial charge is 0.395 e. The van der Waals surface area contributed by atoms with Gasteiger partial charge in [-0.3, -0.25) is 9.80 Å². The lowest BCUT2D eigenvalue weighted by Crippen LogP contribution is -2.41. The Kier molecular flexibility index (Phi) is 6.11. The predicted octanol–water partition coefficient (Wildman–Crippen LogP) is 1.21. The average Bonchev–Trinajstić information content (AvgIpc) is 2.65. The summed E-state index contributed by atoms with van der Waals surface area (Å²) in [5, 5.41) is 9.07. The number of aliphatic hydroxyl groups is 1. The minimum atomic E-state index is -0.213. The van der Waals surface area contributed by atoms with Gasteiger partial charge in [-0.2, -0.15) is 0 Å². The molecule has 0 aliphatic carbocycles. The fourth-order valence-corrected chi connectivity index (χ4v) is 3.17. The zero-order valence-corrected chi connectivity index (χ0v) is 12.7. The zero-order chi connectivity index (χ0) is 15.2. The number of halogens is 1. The Morgan fingerprint density at radius 3 is 2.76 bits per heavy atom. The summed E-state index contributed by atoms with van der Waals surface area (Å²) in [6.07, 6.45) is 1.04. The fourth-order valence-electron chi connectivity index (χ4n) is 3.17. The number of hydrogen-bond donors (Lipinski definition) is 2. The summed E-state index contributed by atoms with van der Waals surface area (Å²) >= 11 is 0. The van der Waals surface area contributed by atoms with E-state index in [4.69, 9.17) is 10.8 Å². The summed E-state index contributed by atoms with van der Waals surface area (Å²) in [4.78, 5) is 4.61. The Bertz CT molecular complexity index is 441. The molecular weight excluding hydrogens is 269 g/mol. The van der Waals surface area contributed by atoms with E-state index in [1.165, 1.54) is 6.07 Å². The molecule has 5 heteroatoms. The zero-order valence-electron chi connectivity index (χ0n) is 12.7. The average molecular weight is 295 g/mol. The van der Waals surface area contributed by atoms with E-state index in [0.717, 1.165) is 44.7 Å². The van der Waals surface area contributed by atoms with Crippen LogP contribution in [-0.2, 0) is 0 Å². The molecule has 21 heavy (non-hydrogen) atoms. The molecule has 1 heterocycles. The van der Waals surface area contributed by atoms with Crippen LogP contribution in [0.5, 0.6) is 0 Å². The summed E-state index contributed by atoms with van der Waals surface area (Å²) < 4.78 is 13.5. The van der Waals surface area contributed by atoms with Crippen LogP contribution >= 0.6 is 0 Å². The van der Waals surface area contributed by atoms with Gasteiger partial charge in [-0.1, -0.05) is 12.1 Å². The molecule has 0 aromatic heterocycles. The molecule has 1 fully saturated rings. The molecule has 1 aromatic carbocycles. The molecule has 0 radical (unpaired) electrons. The lowest BCUT2D eigenvalue weighted by Gasteiger charge is -2.34. The summed E-state index contributed by atoms with van der Waals surface area (Å²) in [7, 11) is 0. The van der Waals surface area contributed by atoms with Crippen molar-refractivity contribution in [1.29, 1.82) is 0 Å². The Morgan fingerprint density at radius 1 is 1.29 bits per heavy atom. The SMILES string of the molecule is CC(N)C(c1cccc(F)c1)N1CCCN(CCO)CC1. The van der Waals surface area contributed by atoms with Gasteiger partial charge in [-0.15, -0.1) is 0 Å². The Balaban J connectivity index is 2.11. The van der Waals surface area contributed by atoms with Crippen LogP contribution in [0.2, 0.25) is 0 Å². The van der Waals surface area contributed by atoms with Crippen molar-refractivity contribution in [2.45, 2.75) is 25.4 Å². The van der Waals surface area contributed by atoms with E-state index in [9.17, 15) is 4.39 Å². The van der Waals surface area contributed by atoms with E-state index >= 15 is 0 Å². The van der Waals surface area contributed by atoms with E-state index in [1.807, 2.05) is 13.0 Å². The molecule has 0 amide bonds. The molecule has 3 N–H and O–H groups in total. The second kappa shape index (κ2) is 7.84. The summed E-state index contributed by atoms with van der Waals surface area (Å²) in [6.45, 7) is 6.64. The first-order valence-corrected chi connectivity index (χ1v) is 7.70. The first-order chi connectivity index (χ1) is 10.1. The van der Waals surface area contributed by atoms with Gasteiger partial charge in [0.25, 0.3) is 0 Å². The number of nitrogens with zero attached hydrogens (tertiary/aromatic N) is 2. The second-order valence-electron chi connectivity index (χ2n) is 5.81. The number of hydrogen-bond acceptors (Lipinski definition) is 4. The molecule has 1 saturated heterocycles. The highest BCUT2D eigenvalue weighted by Gasteiger charge is 2.26. The van der Waals surface area contributed by atoms with E-state index < -0.39 is 0 Å². The van der Waals surface area contributed by atoms with Crippen molar-refractivity contribution in [3.05, 3.63) is 35.6 Å². The standard InChI is InChI=1S/C16H26FN3O/c1-13(18)16(14-4-2-5-15(17)12-14)20-7-3-6-19(8-9-20)10-11-21/h2,4-5,12-13,16,21H,3,6-11,18H2,1H3. The molecule has 0 spiro atoms. The third-order valence-electron chi connectivity index (χ3n) is 4.12. The quantitative estimate of drug-likeness (QED) is 0.857. The van der Waals surface area contributed by atoms with Crippen molar-refractivity contribution in [2.24, 2.45) is 5.73 Å². The molecule has 2 atom stereocenters. The van der Waals surface area contributed by atoms with Gasteiger partial charge in [0.2, 0.25) is 0 Å². The molecule has 1 aliphatic heterocycles. The van der Waals surface area contributed by atoms with Crippen LogP contribution in [-0.4, -0.2) is 60.3 Å². The number of aliphatic hydroxyl groups excluding tert-OH is 1. The fraction of sp³-hybridized carbons (Fsp3) is 0.625. The Labute approximate surface area is 126 Å². The first kappa shape index (κ1) is 16.4. The topological polar surface area (TPSA) is 52.7 Å². The lowest BCUT2D eigenvalue weighted by molar-refractivity contribution is 0.168. The van der Waals surface area contributed by atoms with E-state index in [-0.39, 0.29) is 24.5 Å². The minimum Gasteiger partial charge on any atom is -0.395 e. The van der Waals surface area contributed by atoms with Crippen molar-refractivity contribution >= 4 is 0 Å². The van der Waals surface area contributed by atoms with Gasteiger partial charge < -0.3 is 10.8 Å². The van der Waals surface area contributed by atoms with Crippen molar-refractivity contribution < 1.29 is 9.50 Å². The third kappa shape index (κ3) is 4.48. The van der Waals surface area contributed by atoms with Crippen LogP contribution in [0.4, 0.5) is 4.39 Å². The smallest absolute Gasteiger partial charge is 0.123 e. The van der Waals surface area contributed by atoms with Gasteiger partial charge in [0.1, 0.15) is 5.82 Å². The molecule has 2 rings (SSSR count). The van der Waals surface area contributed by atoms with Gasteiger partial charge >= 0.3 is 0 Å². The van der Waals surface area contributed by atoms with Gasteiger partial charge in [-0.05, 0) is 37.6 Å². The number of β-amino-alcohol motifs (C(OH)–C–C–N with tert-alkyl or cyclic N) is 1. The molecule has 0 saturated carbocycles. The predicted molar refractivity (Wildman–Crippen MR) is 82.5 cm³/mol. The highest BCUT2D eigenvalue weighted by molar-refractivity contribution is 5.21. The molecule has 0 bridgehead atoms. The Morgan fingerprint density at radius 2 is 2.10 bits per heavy atom. The molecule has 2 unspecified atom stereocenters. The highest BCUT2D eigenvalue weighted by Crippen LogP contribution is 2.25. The highest BCUT2D eigenvalue weighted by atomic mass is 19.1. The summed E-state index contributed by atoms with van der Waals surface area (Å²) in [6, 6.07) is 6.73. The summed E-state index contributed by atoms with van der Waals surface area (Å²) in [5.41, 5.74) is 7.12.